The van der Waals surface area contributed by atoms with Crippen molar-refractivity contribution in [3.05, 3.63) is 59.1 Å². The van der Waals surface area contributed by atoms with Crippen molar-refractivity contribution >= 4 is 17.8 Å². The number of amides is 1. The van der Waals surface area contributed by atoms with Crippen LogP contribution in [0, 0.1) is 5.21 Å². The molecule has 1 aliphatic heterocycles. The summed E-state index contributed by atoms with van der Waals surface area (Å²) >= 11 is 0. The fourth-order valence-electron chi connectivity index (χ4n) is 2.92. The number of carbonyl (C=O) groups is 1. The average Bonchev–Trinajstić information content (AvgIpc) is 2.78. The van der Waals surface area contributed by atoms with Gasteiger partial charge in [-0.1, -0.05) is 5.16 Å². The van der Waals surface area contributed by atoms with E-state index in [1.54, 1.807) is 19.2 Å². The fourth-order valence-corrected chi connectivity index (χ4v) is 2.92. The summed E-state index contributed by atoms with van der Waals surface area (Å²) in [4.78, 5) is 17.5. The van der Waals surface area contributed by atoms with Gasteiger partial charge in [0.2, 0.25) is 0 Å². The smallest absolute Gasteiger partial charge is 0.283 e. The van der Waals surface area contributed by atoms with Gasteiger partial charge >= 0.3 is 0 Å². The van der Waals surface area contributed by atoms with Crippen molar-refractivity contribution in [1.29, 1.82) is 0 Å². The van der Waals surface area contributed by atoms with Gasteiger partial charge in [-0.05, 0) is 38.0 Å². The Balaban J connectivity index is 1.62. The molecular weight excluding hydrogens is 388 g/mol. The van der Waals surface area contributed by atoms with E-state index in [1.165, 1.54) is 23.6 Å². The van der Waals surface area contributed by atoms with Crippen LogP contribution in [0.5, 0.6) is 11.5 Å². The maximum Gasteiger partial charge on any atom is 0.283 e. The number of nitrogens with zero attached hydrogens (tertiary/aromatic N) is 4. The van der Waals surface area contributed by atoms with Gasteiger partial charge in [0.05, 0.1) is 25.6 Å². The second-order valence-corrected chi connectivity index (χ2v) is 6.47. The fraction of sp³-hybridized carbons (Fsp3) is 0.333. The summed E-state index contributed by atoms with van der Waals surface area (Å²) in [6, 6.07) is 8.80. The third-order valence-electron chi connectivity index (χ3n) is 4.40. The largest absolute Gasteiger partial charge is 0.619 e. The lowest BCUT2D eigenvalue weighted by molar-refractivity contribution is -0.605. The number of hydrazone groups is 1. The number of oxime groups is 1. The molecule has 158 valence electrons. The molecule has 3 rings (SSSR count). The molecular formula is C21H24N4O5. The number of ether oxygens (including phenoxy) is 2. The van der Waals surface area contributed by atoms with E-state index in [0.717, 1.165) is 24.1 Å². The molecule has 0 radical (unpaired) electrons. The van der Waals surface area contributed by atoms with Crippen LogP contribution in [0.1, 0.15) is 30.9 Å². The minimum atomic E-state index is -0.284. The molecule has 9 heteroatoms. The van der Waals surface area contributed by atoms with Crippen LogP contribution in [0.3, 0.4) is 0 Å². The van der Waals surface area contributed by atoms with Gasteiger partial charge in [0.1, 0.15) is 0 Å². The van der Waals surface area contributed by atoms with Gasteiger partial charge < -0.3 is 19.5 Å². The Morgan fingerprint density at radius 3 is 2.83 bits per heavy atom. The number of carbonyl (C=O) groups excluding carboxylic acids is 1. The lowest BCUT2D eigenvalue weighted by atomic mass is 10.0. The molecule has 0 aliphatic carbocycles. The van der Waals surface area contributed by atoms with Crippen molar-refractivity contribution in [2.75, 3.05) is 26.9 Å². The summed E-state index contributed by atoms with van der Waals surface area (Å²) in [6.07, 6.45) is 5.70. The Bertz CT molecular complexity index is 927. The highest BCUT2D eigenvalue weighted by Crippen LogP contribution is 2.29. The van der Waals surface area contributed by atoms with E-state index >= 15 is 0 Å². The van der Waals surface area contributed by atoms with Gasteiger partial charge in [-0.25, -0.2) is 5.01 Å². The van der Waals surface area contributed by atoms with Crippen LogP contribution in [-0.2, 0) is 9.63 Å². The van der Waals surface area contributed by atoms with Gasteiger partial charge in [0, 0.05) is 29.8 Å². The van der Waals surface area contributed by atoms with Gasteiger partial charge in [0.25, 0.3) is 5.91 Å². The highest BCUT2D eigenvalue weighted by molar-refractivity contribution is 6.02. The number of methoxy groups -OCH3 is 1. The van der Waals surface area contributed by atoms with Gasteiger partial charge in [-0.2, -0.15) is 9.83 Å². The molecule has 1 aromatic carbocycles. The van der Waals surface area contributed by atoms with Crippen molar-refractivity contribution in [2.45, 2.75) is 19.8 Å². The summed E-state index contributed by atoms with van der Waals surface area (Å²) in [5, 5.41) is 20.7. The second kappa shape index (κ2) is 10.2. The highest BCUT2D eigenvalue weighted by atomic mass is 16.6. The third-order valence-corrected chi connectivity index (χ3v) is 4.40. The molecule has 0 saturated heterocycles. The summed E-state index contributed by atoms with van der Waals surface area (Å²) in [5.41, 5.74) is 2.38. The van der Waals surface area contributed by atoms with Gasteiger partial charge in [-0.3, -0.25) is 4.79 Å². The molecule has 0 unspecified atom stereocenters. The van der Waals surface area contributed by atoms with Crippen molar-refractivity contribution < 1.29 is 23.8 Å². The standard InChI is InChI=1S/C21H24N4O5/c1-3-29-20-13-17(6-7-19(20)28-2)18-5-4-10-25(23-18)21(26)15-30-22-14-16-8-11-24(27)12-9-16/h6-9,11-14H,3-5,10,15H2,1-2H3/b22-14+. The SMILES string of the molecule is CCOc1cc(C2=NN(C(=O)CO/N=C/c3cc[n+]([O-])cc3)CCC2)ccc1OC. The number of rotatable bonds is 8. The molecule has 30 heavy (non-hydrogen) atoms. The molecule has 0 bridgehead atoms. The zero-order chi connectivity index (χ0) is 21.3. The molecule has 1 aliphatic rings. The van der Waals surface area contributed by atoms with Crippen LogP contribution in [0.2, 0.25) is 0 Å². The van der Waals surface area contributed by atoms with Crippen LogP contribution in [0.4, 0.5) is 0 Å². The first kappa shape index (κ1) is 21.1. The highest BCUT2D eigenvalue weighted by Gasteiger charge is 2.20. The first-order valence-corrected chi connectivity index (χ1v) is 9.64. The number of hydrogen-bond donors (Lipinski definition) is 0. The van der Waals surface area contributed by atoms with Crippen LogP contribution < -0.4 is 14.2 Å². The van der Waals surface area contributed by atoms with E-state index < -0.39 is 0 Å². The molecule has 1 amide bonds. The summed E-state index contributed by atoms with van der Waals surface area (Å²) < 4.78 is 11.6. The number of pyridine rings is 1. The molecule has 0 fully saturated rings. The minimum Gasteiger partial charge on any atom is -0.619 e. The molecule has 0 saturated carbocycles. The molecule has 2 aromatic rings. The molecule has 0 N–H and O–H groups in total. The Morgan fingerprint density at radius 2 is 2.10 bits per heavy atom. The van der Waals surface area contributed by atoms with E-state index in [0.29, 0.717) is 34.9 Å². The molecule has 9 nitrogen and oxygen atoms in total. The monoisotopic (exact) mass is 412 g/mol. The number of hydrogen-bond acceptors (Lipinski definition) is 7. The Kier molecular flexibility index (Phi) is 7.20. The topological polar surface area (TPSA) is 99.7 Å². The first-order chi connectivity index (χ1) is 14.6. The molecule has 2 heterocycles. The van der Waals surface area contributed by atoms with Crippen LogP contribution in [0.25, 0.3) is 0 Å². The normalized spacial score (nSPS) is 13.8. The molecule has 1 aromatic heterocycles. The Labute approximate surface area is 174 Å². The maximum absolute atomic E-state index is 12.4. The predicted molar refractivity (Wildman–Crippen MR) is 111 cm³/mol. The first-order valence-electron chi connectivity index (χ1n) is 9.64. The summed E-state index contributed by atoms with van der Waals surface area (Å²) in [6.45, 7) is 2.72. The Morgan fingerprint density at radius 1 is 1.30 bits per heavy atom. The van der Waals surface area contributed by atoms with Crippen LogP contribution >= 0.6 is 0 Å². The summed E-state index contributed by atoms with van der Waals surface area (Å²) in [7, 11) is 1.59. The average molecular weight is 412 g/mol. The van der Waals surface area contributed by atoms with E-state index in [4.69, 9.17) is 14.3 Å². The lowest BCUT2D eigenvalue weighted by Gasteiger charge is -2.23. The lowest BCUT2D eigenvalue weighted by Crippen LogP contribution is -2.34. The molecule has 0 atom stereocenters. The predicted octanol–water partition coefficient (Wildman–Crippen LogP) is 2.10. The van der Waals surface area contributed by atoms with Crippen molar-refractivity contribution in [3.63, 3.8) is 0 Å². The van der Waals surface area contributed by atoms with Gasteiger partial charge in [0.15, 0.2) is 30.5 Å². The minimum absolute atomic E-state index is 0.228. The van der Waals surface area contributed by atoms with Crippen molar-refractivity contribution in [3.8, 4) is 11.5 Å². The maximum atomic E-state index is 12.4. The molecule has 0 spiro atoms. The van der Waals surface area contributed by atoms with E-state index in [2.05, 4.69) is 10.3 Å². The van der Waals surface area contributed by atoms with Crippen molar-refractivity contribution in [2.24, 2.45) is 10.3 Å². The zero-order valence-corrected chi connectivity index (χ0v) is 17.0. The second-order valence-electron chi connectivity index (χ2n) is 6.47. The third kappa shape index (κ3) is 5.47. The summed E-state index contributed by atoms with van der Waals surface area (Å²) in [5.74, 6) is 1.01. The number of aromatic nitrogens is 1. The van der Waals surface area contributed by atoms with E-state index in [1.807, 2.05) is 25.1 Å². The van der Waals surface area contributed by atoms with E-state index in [9.17, 15) is 10.0 Å². The van der Waals surface area contributed by atoms with Crippen molar-refractivity contribution in [1.82, 2.24) is 5.01 Å². The van der Waals surface area contributed by atoms with Gasteiger partial charge in [-0.15, -0.1) is 0 Å². The zero-order valence-electron chi connectivity index (χ0n) is 17.0. The van der Waals surface area contributed by atoms with E-state index in [-0.39, 0.29) is 12.5 Å². The quantitative estimate of drug-likeness (QED) is 0.286. The van der Waals surface area contributed by atoms with Crippen LogP contribution in [-0.4, -0.2) is 49.7 Å². The number of benzene rings is 1. The Hall–Kier alpha value is -3.62. The van der Waals surface area contributed by atoms with Crippen LogP contribution in [0.15, 0.2) is 53.0 Å².